The number of carbonyl (C=O) groups is 2. The van der Waals surface area contributed by atoms with E-state index in [1.54, 1.807) is 0 Å². The third-order valence-corrected chi connectivity index (χ3v) is 4.79. The van der Waals surface area contributed by atoms with Gasteiger partial charge in [0.2, 0.25) is 11.8 Å². The average molecular weight is 367 g/mol. The molecule has 0 saturated carbocycles. The van der Waals surface area contributed by atoms with Gasteiger partial charge in [-0.25, -0.2) is 0 Å². The van der Waals surface area contributed by atoms with Gasteiger partial charge in [-0.1, -0.05) is 67.6 Å². The normalized spacial score (nSPS) is 12.9. The molecule has 2 atom stereocenters. The fourth-order valence-corrected chi connectivity index (χ4v) is 3.16. The Kier molecular flexibility index (Phi) is 8.05. The largest absolute Gasteiger partial charge is 0.350 e. The van der Waals surface area contributed by atoms with Gasteiger partial charge in [0.25, 0.3) is 0 Å². The maximum atomic E-state index is 12.6. The molecule has 4 heteroatoms. The smallest absolute Gasteiger partial charge is 0.223 e. The molecule has 0 radical (unpaired) electrons. The number of amides is 2. The van der Waals surface area contributed by atoms with Gasteiger partial charge in [0.05, 0.1) is 12.1 Å². The molecule has 0 aromatic heterocycles. The summed E-state index contributed by atoms with van der Waals surface area (Å²) < 4.78 is 0. The first-order valence-corrected chi connectivity index (χ1v) is 9.71. The zero-order valence-corrected chi connectivity index (χ0v) is 16.5. The molecule has 144 valence electrons. The molecule has 4 nitrogen and oxygen atoms in total. The number of carbonyl (C=O) groups excluding carboxylic acids is 2. The van der Waals surface area contributed by atoms with Crippen LogP contribution in [0, 0.1) is 0 Å². The van der Waals surface area contributed by atoms with Crippen molar-refractivity contribution in [3.63, 3.8) is 0 Å². The van der Waals surface area contributed by atoms with Crippen LogP contribution >= 0.6 is 0 Å². The van der Waals surface area contributed by atoms with E-state index in [2.05, 4.69) is 5.32 Å². The fourth-order valence-electron chi connectivity index (χ4n) is 3.16. The Bertz CT molecular complexity index is 716. The highest BCUT2D eigenvalue weighted by Crippen LogP contribution is 2.21. The third kappa shape index (κ3) is 6.24. The molecule has 0 aliphatic rings. The van der Waals surface area contributed by atoms with Crippen molar-refractivity contribution in [1.82, 2.24) is 10.2 Å². The summed E-state index contributed by atoms with van der Waals surface area (Å²) in [5.74, 6) is 0.0543. The van der Waals surface area contributed by atoms with E-state index in [9.17, 15) is 9.59 Å². The molecule has 0 heterocycles. The highest BCUT2D eigenvalue weighted by atomic mass is 16.2. The van der Waals surface area contributed by atoms with E-state index >= 15 is 0 Å². The van der Waals surface area contributed by atoms with E-state index < -0.39 is 0 Å². The fraction of sp³-hybridized carbons (Fsp3) is 0.391. The summed E-state index contributed by atoms with van der Waals surface area (Å²) in [6.45, 7) is 6.41. The van der Waals surface area contributed by atoms with Gasteiger partial charge in [0.1, 0.15) is 0 Å². The number of rotatable bonds is 9. The number of nitrogens with zero attached hydrogens (tertiary/aromatic N) is 1. The zero-order chi connectivity index (χ0) is 19.6. The maximum Gasteiger partial charge on any atom is 0.223 e. The Balaban J connectivity index is 1.98. The summed E-state index contributed by atoms with van der Waals surface area (Å²) in [6, 6.07) is 19.7. The molecule has 1 N–H and O–H groups in total. The van der Waals surface area contributed by atoms with Crippen molar-refractivity contribution in [2.45, 2.75) is 52.1 Å². The molecule has 27 heavy (non-hydrogen) atoms. The van der Waals surface area contributed by atoms with Gasteiger partial charge < -0.3 is 10.2 Å². The molecule has 0 fully saturated rings. The maximum absolute atomic E-state index is 12.6. The second-order valence-corrected chi connectivity index (χ2v) is 6.87. The second-order valence-electron chi connectivity index (χ2n) is 6.87. The van der Waals surface area contributed by atoms with E-state index in [1.165, 1.54) is 0 Å². The van der Waals surface area contributed by atoms with Crippen LogP contribution in [0.4, 0.5) is 0 Å². The van der Waals surface area contributed by atoms with Crippen LogP contribution in [0.2, 0.25) is 0 Å². The monoisotopic (exact) mass is 366 g/mol. The Morgan fingerprint density at radius 1 is 0.889 bits per heavy atom. The number of benzene rings is 2. The minimum Gasteiger partial charge on any atom is -0.350 e. The van der Waals surface area contributed by atoms with Crippen LogP contribution < -0.4 is 5.32 Å². The summed E-state index contributed by atoms with van der Waals surface area (Å²) in [5, 5.41) is 3.02. The van der Waals surface area contributed by atoms with Crippen molar-refractivity contribution in [3.05, 3.63) is 71.8 Å². The lowest BCUT2D eigenvalue weighted by Crippen LogP contribution is -2.37. The lowest BCUT2D eigenvalue weighted by atomic mass is 10.1. The van der Waals surface area contributed by atoms with E-state index in [1.807, 2.05) is 86.3 Å². The van der Waals surface area contributed by atoms with Crippen LogP contribution in [0.1, 0.15) is 63.2 Å². The molecular formula is C23H30N2O2. The predicted molar refractivity (Wildman–Crippen MR) is 109 cm³/mol. The molecule has 2 amide bonds. The van der Waals surface area contributed by atoms with Crippen molar-refractivity contribution in [2.24, 2.45) is 0 Å². The quantitative estimate of drug-likeness (QED) is 0.702. The third-order valence-electron chi connectivity index (χ3n) is 4.79. The van der Waals surface area contributed by atoms with Gasteiger partial charge in [-0.3, -0.25) is 9.59 Å². The second kappa shape index (κ2) is 10.5. The molecule has 2 aromatic carbocycles. The first-order chi connectivity index (χ1) is 13.0. The molecular weight excluding hydrogens is 336 g/mol. The van der Waals surface area contributed by atoms with Crippen molar-refractivity contribution < 1.29 is 9.59 Å². The van der Waals surface area contributed by atoms with Crippen molar-refractivity contribution in [3.8, 4) is 0 Å². The van der Waals surface area contributed by atoms with Gasteiger partial charge >= 0.3 is 0 Å². The minimum absolute atomic E-state index is 0.0408. The average Bonchev–Trinajstić information content (AvgIpc) is 2.69. The van der Waals surface area contributed by atoms with Crippen LogP contribution in [0.15, 0.2) is 60.7 Å². The van der Waals surface area contributed by atoms with Gasteiger partial charge in [-0.05, 0) is 31.4 Å². The lowest BCUT2D eigenvalue weighted by molar-refractivity contribution is -0.134. The van der Waals surface area contributed by atoms with Crippen LogP contribution in [0.3, 0.4) is 0 Å². The van der Waals surface area contributed by atoms with Gasteiger partial charge in [0.15, 0.2) is 0 Å². The van der Waals surface area contributed by atoms with Crippen molar-refractivity contribution in [1.29, 1.82) is 0 Å². The molecule has 0 bridgehead atoms. The topological polar surface area (TPSA) is 49.4 Å². The summed E-state index contributed by atoms with van der Waals surface area (Å²) in [5.41, 5.74) is 2.16. The summed E-state index contributed by atoms with van der Waals surface area (Å²) in [6.07, 6.45) is 1.59. The SMILES string of the molecule is CCCC(=O)N(CCC(=O)NC(C)c1ccccc1)C(C)c1ccccc1. The number of nitrogens with one attached hydrogen (secondary N) is 1. The van der Waals surface area contributed by atoms with Gasteiger partial charge in [0, 0.05) is 19.4 Å². The van der Waals surface area contributed by atoms with Crippen LogP contribution in [0.25, 0.3) is 0 Å². The van der Waals surface area contributed by atoms with Gasteiger partial charge in [-0.2, -0.15) is 0 Å². The van der Waals surface area contributed by atoms with Crippen LogP contribution in [-0.4, -0.2) is 23.3 Å². The molecule has 0 aliphatic carbocycles. The minimum atomic E-state index is -0.0513. The Morgan fingerprint density at radius 2 is 1.44 bits per heavy atom. The standard InChI is InChI=1S/C23H30N2O2/c1-4-11-23(27)25(19(3)21-14-9-6-10-15-21)17-16-22(26)24-18(2)20-12-7-5-8-13-20/h5-10,12-15,18-19H,4,11,16-17H2,1-3H3,(H,24,26). The highest BCUT2D eigenvalue weighted by Gasteiger charge is 2.22. The number of hydrogen-bond donors (Lipinski definition) is 1. The zero-order valence-electron chi connectivity index (χ0n) is 16.5. The highest BCUT2D eigenvalue weighted by molar-refractivity contribution is 5.79. The first-order valence-electron chi connectivity index (χ1n) is 9.71. The summed E-state index contributed by atoms with van der Waals surface area (Å²) in [7, 11) is 0. The Morgan fingerprint density at radius 3 is 2.00 bits per heavy atom. The van der Waals surface area contributed by atoms with Crippen LogP contribution in [-0.2, 0) is 9.59 Å². The van der Waals surface area contributed by atoms with E-state index in [-0.39, 0.29) is 23.9 Å². The van der Waals surface area contributed by atoms with E-state index in [0.29, 0.717) is 19.4 Å². The predicted octanol–water partition coefficient (Wildman–Crippen LogP) is 4.64. The molecule has 0 saturated heterocycles. The molecule has 0 aliphatic heterocycles. The van der Waals surface area contributed by atoms with E-state index in [4.69, 9.17) is 0 Å². The molecule has 0 spiro atoms. The number of hydrogen-bond acceptors (Lipinski definition) is 2. The lowest BCUT2D eigenvalue weighted by Gasteiger charge is -2.30. The first kappa shape index (κ1) is 20.7. The molecule has 2 aromatic rings. The Hall–Kier alpha value is -2.62. The van der Waals surface area contributed by atoms with Crippen LogP contribution in [0.5, 0.6) is 0 Å². The Labute approximate surface area is 162 Å². The van der Waals surface area contributed by atoms with E-state index in [0.717, 1.165) is 17.5 Å². The summed E-state index contributed by atoms with van der Waals surface area (Å²) in [4.78, 5) is 26.9. The molecule has 2 rings (SSSR count). The van der Waals surface area contributed by atoms with Crippen molar-refractivity contribution in [2.75, 3.05) is 6.54 Å². The molecule has 2 unspecified atom stereocenters. The van der Waals surface area contributed by atoms with Crippen molar-refractivity contribution >= 4 is 11.8 Å². The van der Waals surface area contributed by atoms with Gasteiger partial charge in [-0.15, -0.1) is 0 Å². The summed E-state index contributed by atoms with van der Waals surface area (Å²) >= 11 is 0.